The van der Waals surface area contributed by atoms with Crippen molar-refractivity contribution in [2.75, 3.05) is 18.7 Å². The van der Waals surface area contributed by atoms with Crippen LogP contribution in [0.4, 0.5) is 11.5 Å². The van der Waals surface area contributed by atoms with E-state index in [0.29, 0.717) is 12.4 Å². The molecule has 0 spiro atoms. The Morgan fingerprint density at radius 2 is 2.00 bits per heavy atom. The molecule has 1 aromatic carbocycles. The molecule has 2 aromatic rings. The van der Waals surface area contributed by atoms with Gasteiger partial charge in [-0.05, 0) is 19.1 Å². The fraction of sp³-hybridized carbons (Fsp3) is 0.214. The zero-order valence-corrected chi connectivity index (χ0v) is 11.5. The molecule has 0 bridgehead atoms. The van der Waals surface area contributed by atoms with Crippen LogP contribution in [0.3, 0.4) is 0 Å². The van der Waals surface area contributed by atoms with E-state index in [0.717, 1.165) is 0 Å². The number of benzene rings is 1. The van der Waals surface area contributed by atoms with Gasteiger partial charge in [0.05, 0.1) is 4.92 Å². The topological polar surface area (TPSA) is 86.5 Å². The molecule has 0 unspecified atom stereocenters. The molecule has 0 aliphatic rings. The molecule has 0 fully saturated rings. The number of nitrogens with one attached hydrogen (secondary N) is 1. The summed E-state index contributed by atoms with van der Waals surface area (Å²) in [5.74, 6) is 0.988. The van der Waals surface area contributed by atoms with Crippen LogP contribution >= 0.6 is 0 Å². The number of aromatic nitrogens is 1. The Kier molecular flexibility index (Phi) is 5.05. The number of hydrogen-bond acceptors (Lipinski definition) is 6. The third-order valence-corrected chi connectivity index (χ3v) is 2.56. The van der Waals surface area contributed by atoms with E-state index in [1.165, 1.54) is 12.1 Å². The van der Waals surface area contributed by atoms with Crippen molar-refractivity contribution in [3.63, 3.8) is 0 Å². The van der Waals surface area contributed by atoms with Gasteiger partial charge in [0.25, 0.3) is 0 Å². The lowest BCUT2D eigenvalue weighted by atomic mass is 10.3. The Morgan fingerprint density at radius 1 is 1.24 bits per heavy atom. The maximum absolute atomic E-state index is 11.0. The average Bonchev–Trinajstić information content (AvgIpc) is 2.48. The summed E-state index contributed by atoms with van der Waals surface area (Å²) in [5.41, 5.74) is -0.130. The van der Waals surface area contributed by atoms with Crippen molar-refractivity contribution in [2.24, 2.45) is 0 Å². The molecule has 0 saturated carbocycles. The highest BCUT2D eigenvalue weighted by Gasteiger charge is 2.16. The first kappa shape index (κ1) is 14.7. The Bertz CT molecular complexity index is 604. The second-order valence-electron chi connectivity index (χ2n) is 4.00. The van der Waals surface area contributed by atoms with Gasteiger partial charge in [0.15, 0.2) is 0 Å². The predicted octanol–water partition coefficient (Wildman–Crippen LogP) is 3.19. The number of nitrogens with zero attached hydrogens (tertiary/aromatic N) is 2. The number of hydrogen-bond donors (Lipinski definition) is 1. The van der Waals surface area contributed by atoms with E-state index >= 15 is 0 Å². The van der Waals surface area contributed by atoms with E-state index in [2.05, 4.69) is 10.3 Å². The molecule has 0 aliphatic heterocycles. The van der Waals surface area contributed by atoms with Gasteiger partial charge in [-0.1, -0.05) is 18.2 Å². The minimum Gasteiger partial charge on any atom is -0.439 e. The van der Waals surface area contributed by atoms with E-state index in [4.69, 9.17) is 9.47 Å². The van der Waals surface area contributed by atoms with Crippen molar-refractivity contribution in [3.05, 3.63) is 52.6 Å². The summed E-state index contributed by atoms with van der Waals surface area (Å²) in [6.45, 7) is 2.47. The molecule has 0 amide bonds. The first-order chi connectivity index (χ1) is 10.2. The summed E-state index contributed by atoms with van der Waals surface area (Å²) in [5, 5.41) is 13.7. The van der Waals surface area contributed by atoms with Gasteiger partial charge in [-0.3, -0.25) is 10.1 Å². The monoisotopic (exact) mass is 289 g/mol. The molecule has 110 valence electrons. The number of ether oxygens (including phenoxy) is 2. The molecule has 1 heterocycles. The second kappa shape index (κ2) is 7.20. The lowest BCUT2D eigenvalue weighted by Crippen LogP contribution is -2.09. The van der Waals surface area contributed by atoms with Gasteiger partial charge in [-0.15, -0.1) is 0 Å². The Hall–Kier alpha value is -2.67. The predicted molar refractivity (Wildman–Crippen MR) is 77.5 cm³/mol. The van der Waals surface area contributed by atoms with Gasteiger partial charge in [-0.25, -0.2) is 0 Å². The third-order valence-electron chi connectivity index (χ3n) is 2.56. The Morgan fingerprint density at radius 3 is 2.67 bits per heavy atom. The minimum atomic E-state index is -0.506. The molecule has 0 saturated heterocycles. The normalized spacial score (nSPS) is 10.1. The smallest absolute Gasteiger partial charge is 0.311 e. The number of para-hydroxylation sites is 1. The van der Waals surface area contributed by atoms with Gasteiger partial charge < -0.3 is 14.8 Å². The van der Waals surface area contributed by atoms with Crippen molar-refractivity contribution < 1.29 is 14.4 Å². The summed E-state index contributed by atoms with van der Waals surface area (Å²) in [4.78, 5) is 14.6. The van der Waals surface area contributed by atoms with Crippen LogP contribution in [-0.4, -0.2) is 23.2 Å². The quantitative estimate of drug-likeness (QED) is 0.364. The highest BCUT2D eigenvalue weighted by molar-refractivity contribution is 5.57. The van der Waals surface area contributed by atoms with Gasteiger partial charge in [0.1, 0.15) is 12.5 Å². The van der Waals surface area contributed by atoms with Gasteiger partial charge in [-0.2, -0.15) is 4.98 Å². The molecule has 2 rings (SSSR count). The molecule has 21 heavy (non-hydrogen) atoms. The highest BCUT2D eigenvalue weighted by Crippen LogP contribution is 2.27. The van der Waals surface area contributed by atoms with Crippen LogP contribution in [0.1, 0.15) is 6.92 Å². The van der Waals surface area contributed by atoms with E-state index in [1.54, 1.807) is 12.1 Å². The van der Waals surface area contributed by atoms with Crippen LogP contribution in [0.15, 0.2) is 42.5 Å². The highest BCUT2D eigenvalue weighted by atomic mass is 16.6. The molecule has 1 N–H and O–H groups in total. The van der Waals surface area contributed by atoms with Crippen molar-refractivity contribution in [2.45, 2.75) is 6.92 Å². The average molecular weight is 289 g/mol. The zero-order chi connectivity index (χ0) is 15.1. The Labute approximate surface area is 121 Å². The van der Waals surface area contributed by atoms with Crippen molar-refractivity contribution in [1.82, 2.24) is 4.98 Å². The minimum absolute atomic E-state index is 0.113. The lowest BCUT2D eigenvalue weighted by molar-refractivity contribution is -0.384. The molecule has 1 aromatic heterocycles. The molecular weight excluding hydrogens is 274 g/mol. The largest absolute Gasteiger partial charge is 0.439 e. The van der Waals surface area contributed by atoms with Crippen LogP contribution in [0, 0.1) is 10.1 Å². The van der Waals surface area contributed by atoms with Gasteiger partial charge >= 0.3 is 5.69 Å². The molecule has 7 heteroatoms. The zero-order valence-electron chi connectivity index (χ0n) is 11.5. The van der Waals surface area contributed by atoms with Crippen LogP contribution < -0.4 is 10.1 Å². The SMILES string of the molecule is CCOCNc1nc(Oc2ccccc2)ccc1[N+](=O)[O-]. The van der Waals surface area contributed by atoms with Crippen LogP contribution in [0.2, 0.25) is 0 Å². The summed E-state index contributed by atoms with van der Waals surface area (Å²) in [7, 11) is 0. The maximum Gasteiger partial charge on any atom is 0.311 e. The third kappa shape index (κ3) is 4.15. The maximum atomic E-state index is 11.0. The summed E-state index contributed by atoms with van der Waals surface area (Å²) in [6.07, 6.45) is 0. The summed E-state index contributed by atoms with van der Waals surface area (Å²) >= 11 is 0. The van der Waals surface area contributed by atoms with E-state index < -0.39 is 4.92 Å². The fourth-order valence-electron chi connectivity index (χ4n) is 1.60. The van der Waals surface area contributed by atoms with Gasteiger partial charge in [0.2, 0.25) is 11.7 Å². The van der Waals surface area contributed by atoms with Gasteiger partial charge in [0, 0.05) is 18.7 Å². The van der Waals surface area contributed by atoms with Crippen LogP contribution in [0.25, 0.3) is 0 Å². The van der Waals surface area contributed by atoms with Crippen molar-refractivity contribution in [1.29, 1.82) is 0 Å². The number of pyridine rings is 1. The van der Waals surface area contributed by atoms with Crippen molar-refractivity contribution in [3.8, 4) is 11.6 Å². The molecule has 0 atom stereocenters. The number of anilines is 1. The summed E-state index contributed by atoms with van der Waals surface area (Å²) in [6, 6.07) is 11.9. The fourth-order valence-corrected chi connectivity index (χ4v) is 1.60. The van der Waals surface area contributed by atoms with E-state index in [-0.39, 0.29) is 24.1 Å². The standard InChI is InChI=1S/C14H15N3O4/c1-2-20-10-15-14-12(17(18)19)8-9-13(16-14)21-11-6-4-3-5-7-11/h3-9H,2,10H2,1H3,(H,15,16). The van der Waals surface area contributed by atoms with Crippen LogP contribution in [0.5, 0.6) is 11.6 Å². The van der Waals surface area contributed by atoms with Crippen LogP contribution in [-0.2, 0) is 4.74 Å². The Balaban J connectivity index is 2.19. The first-order valence-corrected chi connectivity index (χ1v) is 6.40. The molecule has 7 nitrogen and oxygen atoms in total. The second-order valence-corrected chi connectivity index (χ2v) is 4.00. The molecular formula is C14H15N3O4. The number of nitro groups is 1. The molecule has 0 aliphatic carbocycles. The van der Waals surface area contributed by atoms with E-state index in [1.807, 2.05) is 25.1 Å². The van der Waals surface area contributed by atoms with Crippen molar-refractivity contribution >= 4 is 11.5 Å². The lowest BCUT2D eigenvalue weighted by Gasteiger charge is -2.09. The number of rotatable bonds is 7. The first-order valence-electron chi connectivity index (χ1n) is 6.40. The molecule has 0 radical (unpaired) electrons. The summed E-state index contributed by atoms with van der Waals surface area (Å²) < 4.78 is 10.7. The van der Waals surface area contributed by atoms with E-state index in [9.17, 15) is 10.1 Å².